The largest absolute Gasteiger partial charge is 0.465 e. The Morgan fingerprint density at radius 2 is 2.00 bits per heavy atom. The molecule has 0 aromatic carbocycles. The van der Waals surface area contributed by atoms with Crippen molar-refractivity contribution in [2.75, 3.05) is 5.32 Å². The smallest absolute Gasteiger partial charge is 0.410 e. The minimum atomic E-state index is -1.25. The summed E-state index contributed by atoms with van der Waals surface area (Å²) in [6.07, 6.45) is 1.59. The van der Waals surface area contributed by atoms with E-state index in [9.17, 15) is 4.79 Å². The average Bonchev–Trinajstić information content (AvgIpc) is 2.37. The van der Waals surface area contributed by atoms with E-state index in [1.165, 1.54) is 18.5 Å². The van der Waals surface area contributed by atoms with Crippen molar-refractivity contribution >= 4 is 58.5 Å². The number of hydrogen-bond acceptors (Lipinski definition) is 5. The van der Waals surface area contributed by atoms with Crippen molar-refractivity contribution in [3.05, 3.63) is 33.8 Å². The molecule has 0 radical (unpaired) electrons. The molecule has 10 heteroatoms. The Morgan fingerprint density at radius 1 is 1.25 bits per heavy atom. The Morgan fingerprint density at radius 3 is 2.60 bits per heavy atom. The van der Waals surface area contributed by atoms with Gasteiger partial charge in [-0.1, -0.05) is 46.6 Å². The molecular weight excluding hydrogens is 347 g/mol. The zero-order valence-electron chi connectivity index (χ0n) is 9.47. The van der Waals surface area contributed by atoms with Crippen molar-refractivity contribution in [1.82, 2.24) is 15.0 Å². The first kappa shape index (κ1) is 15.1. The van der Waals surface area contributed by atoms with Crippen molar-refractivity contribution in [3.63, 3.8) is 0 Å². The van der Waals surface area contributed by atoms with Crippen LogP contribution in [0.2, 0.25) is 15.3 Å². The molecule has 0 saturated carbocycles. The highest BCUT2D eigenvalue weighted by Gasteiger charge is 2.13. The number of nitrogens with one attached hydrogen (secondary N) is 1. The second-order valence-corrected chi connectivity index (χ2v) is 5.51. The summed E-state index contributed by atoms with van der Waals surface area (Å²) in [5.41, 5.74) is 0. The van der Waals surface area contributed by atoms with Crippen LogP contribution in [0.5, 0.6) is 0 Å². The summed E-state index contributed by atoms with van der Waals surface area (Å²) in [5, 5.41) is 11.7. The van der Waals surface area contributed by atoms with Crippen LogP contribution in [0.3, 0.4) is 0 Å². The molecule has 2 rings (SSSR count). The number of pyridine rings is 1. The summed E-state index contributed by atoms with van der Waals surface area (Å²) in [5.74, 6) is 0.0660. The van der Waals surface area contributed by atoms with Crippen molar-refractivity contribution in [2.24, 2.45) is 0 Å². The number of aromatic nitrogens is 3. The third kappa shape index (κ3) is 3.86. The molecule has 0 aliphatic carbocycles. The van der Waals surface area contributed by atoms with Crippen LogP contribution in [-0.2, 0) is 0 Å². The van der Waals surface area contributed by atoms with Gasteiger partial charge in [-0.25, -0.2) is 19.7 Å². The van der Waals surface area contributed by atoms with E-state index in [0.717, 1.165) is 11.8 Å². The summed E-state index contributed by atoms with van der Waals surface area (Å²) >= 11 is 18.7. The van der Waals surface area contributed by atoms with E-state index in [1.54, 1.807) is 0 Å². The van der Waals surface area contributed by atoms with Crippen LogP contribution in [0.25, 0.3) is 0 Å². The van der Waals surface area contributed by atoms with Gasteiger partial charge in [0.2, 0.25) is 0 Å². The number of nitrogens with zero attached hydrogens (tertiary/aromatic N) is 3. The van der Waals surface area contributed by atoms with Crippen LogP contribution >= 0.6 is 46.6 Å². The first-order valence-electron chi connectivity index (χ1n) is 4.97. The first-order valence-corrected chi connectivity index (χ1v) is 6.92. The highest BCUT2D eigenvalue weighted by Crippen LogP contribution is 2.37. The summed E-state index contributed by atoms with van der Waals surface area (Å²) in [6, 6.07) is 1.45. The molecule has 104 valence electrons. The lowest BCUT2D eigenvalue weighted by atomic mass is 10.4. The SMILES string of the molecule is O=C(O)Nc1cc(Sc2cnc(Cl)cn2)c(Cl)c(Cl)n1. The van der Waals surface area contributed by atoms with Crippen LogP contribution in [-0.4, -0.2) is 26.2 Å². The van der Waals surface area contributed by atoms with Gasteiger partial charge >= 0.3 is 6.09 Å². The average molecular weight is 352 g/mol. The van der Waals surface area contributed by atoms with Crippen LogP contribution in [0.15, 0.2) is 28.4 Å². The second-order valence-electron chi connectivity index (χ2n) is 3.32. The van der Waals surface area contributed by atoms with E-state index in [2.05, 4.69) is 20.3 Å². The number of carboxylic acid groups (broad SMARTS) is 1. The van der Waals surface area contributed by atoms with E-state index in [0.29, 0.717) is 9.92 Å². The molecule has 0 unspecified atom stereocenters. The van der Waals surface area contributed by atoms with Gasteiger partial charge in [0.1, 0.15) is 16.0 Å². The quantitative estimate of drug-likeness (QED) is 0.810. The maximum Gasteiger partial charge on any atom is 0.410 e. The minimum absolute atomic E-state index is 0.0117. The van der Waals surface area contributed by atoms with Gasteiger partial charge in [-0.2, -0.15) is 0 Å². The highest BCUT2D eigenvalue weighted by molar-refractivity contribution is 7.99. The summed E-state index contributed by atoms with van der Waals surface area (Å²) < 4.78 is 0. The molecule has 0 spiro atoms. The molecule has 0 bridgehead atoms. The minimum Gasteiger partial charge on any atom is -0.465 e. The van der Waals surface area contributed by atoms with Crippen molar-refractivity contribution in [2.45, 2.75) is 9.92 Å². The third-order valence-corrected chi connectivity index (χ3v) is 3.95. The number of halogens is 3. The molecule has 2 heterocycles. The van der Waals surface area contributed by atoms with Gasteiger partial charge in [0, 0.05) is 4.90 Å². The number of anilines is 1. The van der Waals surface area contributed by atoms with Gasteiger partial charge < -0.3 is 5.11 Å². The van der Waals surface area contributed by atoms with Gasteiger partial charge in [0.15, 0.2) is 5.15 Å². The van der Waals surface area contributed by atoms with E-state index in [4.69, 9.17) is 39.9 Å². The first-order chi connectivity index (χ1) is 9.45. The van der Waals surface area contributed by atoms with Gasteiger partial charge in [-0.15, -0.1) is 0 Å². The fraction of sp³-hybridized carbons (Fsp3) is 0. The molecular formula is C10H5Cl3N4O2S. The summed E-state index contributed by atoms with van der Waals surface area (Å²) in [6.45, 7) is 0. The molecule has 2 aromatic rings. The molecule has 0 aliphatic rings. The molecule has 0 atom stereocenters. The number of carbonyl (C=O) groups is 1. The number of amides is 1. The lowest BCUT2D eigenvalue weighted by molar-refractivity contribution is 0.209. The van der Waals surface area contributed by atoms with Gasteiger partial charge in [0.05, 0.1) is 17.4 Å². The van der Waals surface area contributed by atoms with Crippen LogP contribution in [0, 0.1) is 0 Å². The Hall–Kier alpha value is -1.28. The molecule has 0 saturated heterocycles. The summed E-state index contributed by atoms with van der Waals surface area (Å²) in [7, 11) is 0. The highest BCUT2D eigenvalue weighted by atomic mass is 35.5. The van der Waals surface area contributed by atoms with Crippen LogP contribution in [0.4, 0.5) is 10.6 Å². The lowest BCUT2D eigenvalue weighted by Gasteiger charge is -2.07. The van der Waals surface area contributed by atoms with E-state index < -0.39 is 6.09 Å². The Balaban J connectivity index is 2.32. The monoisotopic (exact) mass is 350 g/mol. The van der Waals surface area contributed by atoms with Crippen molar-refractivity contribution < 1.29 is 9.90 Å². The third-order valence-electron chi connectivity index (χ3n) is 1.93. The maximum atomic E-state index is 10.6. The van der Waals surface area contributed by atoms with E-state index in [-0.39, 0.29) is 21.1 Å². The predicted octanol–water partition coefficient (Wildman–Crippen LogP) is 4.07. The molecule has 0 fully saturated rings. The molecule has 1 amide bonds. The topological polar surface area (TPSA) is 88.0 Å². The maximum absolute atomic E-state index is 10.6. The van der Waals surface area contributed by atoms with Gasteiger partial charge in [-0.3, -0.25) is 5.32 Å². The van der Waals surface area contributed by atoms with Crippen LogP contribution < -0.4 is 5.32 Å². The zero-order chi connectivity index (χ0) is 14.7. The normalized spacial score (nSPS) is 10.3. The Kier molecular flexibility index (Phi) is 4.87. The second kappa shape index (κ2) is 6.45. The van der Waals surface area contributed by atoms with Crippen molar-refractivity contribution in [3.8, 4) is 0 Å². The van der Waals surface area contributed by atoms with E-state index in [1.807, 2.05) is 0 Å². The molecule has 2 aromatic heterocycles. The fourth-order valence-corrected chi connectivity index (χ4v) is 2.54. The van der Waals surface area contributed by atoms with Crippen LogP contribution in [0.1, 0.15) is 0 Å². The van der Waals surface area contributed by atoms with Gasteiger partial charge in [-0.05, 0) is 6.07 Å². The van der Waals surface area contributed by atoms with E-state index >= 15 is 0 Å². The summed E-state index contributed by atoms with van der Waals surface area (Å²) in [4.78, 5) is 22.8. The molecule has 0 aliphatic heterocycles. The van der Waals surface area contributed by atoms with Gasteiger partial charge in [0.25, 0.3) is 0 Å². The number of hydrogen-bond donors (Lipinski definition) is 2. The number of rotatable bonds is 3. The molecule has 2 N–H and O–H groups in total. The fourth-order valence-electron chi connectivity index (χ4n) is 1.19. The molecule has 6 nitrogen and oxygen atoms in total. The van der Waals surface area contributed by atoms with Crippen molar-refractivity contribution in [1.29, 1.82) is 0 Å². The Bertz CT molecular complexity index is 654. The molecule has 20 heavy (non-hydrogen) atoms. The Labute approximate surface area is 132 Å². The zero-order valence-corrected chi connectivity index (χ0v) is 12.6. The predicted molar refractivity (Wildman–Crippen MR) is 77.1 cm³/mol. The lowest BCUT2D eigenvalue weighted by Crippen LogP contribution is -2.09. The standard InChI is InChI=1S/C10H5Cl3N4O2S/c11-5-2-15-7(3-14-5)20-4-1-6(17-10(18)19)16-9(13)8(4)12/h1-3H,(H,16,17)(H,18,19).